The Labute approximate surface area is 132 Å². The summed E-state index contributed by atoms with van der Waals surface area (Å²) in [6, 6.07) is 4.97. The molecule has 0 saturated carbocycles. The number of nitrogens with zero attached hydrogens (tertiary/aromatic N) is 2. The molecule has 1 atom stereocenters. The van der Waals surface area contributed by atoms with E-state index in [1.165, 1.54) is 6.07 Å². The van der Waals surface area contributed by atoms with Crippen LogP contribution in [-0.4, -0.2) is 23.4 Å². The van der Waals surface area contributed by atoms with Gasteiger partial charge in [-0.1, -0.05) is 13.0 Å². The first-order valence-corrected chi connectivity index (χ1v) is 7.69. The number of hydrogen-bond acceptors (Lipinski definition) is 3. The molecule has 1 unspecified atom stereocenters. The van der Waals surface area contributed by atoms with E-state index < -0.39 is 0 Å². The van der Waals surface area contributed by atoms with Crippen molar-refractivity contribution in [2.75, 3.05) is 13.7 Å². The van der Waals surface area contributed by atoms with Crippen LogP contribution in [0.5, 0.6) is 5.75 Å². The van der Waals surface area contributed by atoms with Crippen LogP contribution < -0.4 is 10.1 Å². The number of hydrogen-bond donors (Lipinski definition) is 1. The minimum absolute atomic E-state index is 0.171. The monoisotopic (exact) mass is 355 g/mol. The van der Waals surface area contributed by atoms with Crippen molar-refractivity contribution in [1.29, 1.82) is 0 Å². The van der Waals surface area contributed by atoms with Crippen LogP contribution >= 0.6 is 15.9 Å². The Morgan fingerprint density at radius 3 is 2.76 bits per heavy atom. The van der Waals surface area contributed by atoms with Gasteiger partial charge in [0, 0.05) is 6.54 Å². The average Bonchev–Trinajstić information content (AvgIpc) is 2.90. The molecule has 21 heavy (non-hydrogen) atoms. The Bertz CT molecular complexity index is 593. The Morgan fingerprint density at radius 1 is 1.43 bits per heavy atom. The second kappa shape index (κ2) is 7.04. The van der Waals surface area contributed by atoms with Gasteiger partial charge in [0.25, 0.3) is 0 Å². The van der Waals surface area contributed by atoms with Crippen molar-refractivity contribution in [2.24, 2.45) is 0 Å². The molecule has 4 nitrogen and oxygen atoms in total. The summed E-state index contributed by atoms with van der Waals surface area (Å²) in [5, 5.41) is 7.70. The zero-order valence-electron chi connectivity index (χ0n) is 12.4. The van der Waals surface area contributed by atoms with E-state index in [2.05, 4.69) is 26.3 Å². The number of aromatic nitrogens is 2. The van der Waals surface area contributed by atoms with Gasteiger partial charge in [0.2, 0.25) is 0 Å². The van der Waals surface area contributed by atoms with Crippen molar-refractivity contribution < 1.29 is 9.13 Å². The predicted octanol–water partition coefficient (Wildman–Crippen LogP) is 3.51. The summed E-state index contributed by atoms with van der Waals surface area (Å²) in [6.07, 6.45) is 1.69. The number of halogens is 2. The third kappa shape index (κ3) is 3.27. The lowest BCUT2D eigenvalue weighted by Gasteiger charge is -2.21. The standard InChI is InChI=1S/C15H19BrFN3O/c1-4-18-14(10-6-7-11(16)12(17)8-10)15-13(21-3)9-19-20(15)5-2/h6-9,14,18H,4-5H2,1-3H3. The van der Waals surface area contributed by atoms with E-state index in [-0.39, 0.29) is 11.9 Å². The molecule has 1 aromatic heterocycles. The van der Waals surface area contributed by atoms with Gasteiger partial charge in [-0.05, 0) is 47.1 Å². The molecule has 6 heteroatoms. The van der Waals surface area contributed by atoms with Gasteiger partial charge in [0.05, 0.1) is 23.8 Å². The first kappa shape index (κ1) is 16.0. The molecule has 0 saturated heterocycles. The lowest BCUT2D eigenvalue weighted by atomic mass is 10.0. The maximum Gasteiger partial charge on any atom is 0.161 e. The van der Waals surface area contributed by atoms with Crippen LogP contribution in [0.3, 0.4) is 0 Å². The SMILES string of the molecule is CCNC(c1ccc(Br)c(F)c1)c1c(OC)cnn1CC. The van der Waals surface area contributed by atoms with E-state index in [0.717, 1.165) is 24.3 Å². The van der Waals surface area contributed by atoms with Gasteiger partial charge < -0.3 is 10.1 Å². The van der Waals surface area contributed by atoms with E-state index in [9.17, 15) is 4.39 Å². The Balaban J connectivity index is 2.52. The molecule has 0 aliphatic carbocycles. The number of ether oxygens (including phenoxy) is 1. The van der Waals surface area contributed by atoms with Crippen LogP contribution in [0.2, 0.25) is 0 Å². The largest absolute Gasteiger partial charge is 0.493 e. The fraction of sp³-hybridized carbons (Fsp3) is 0.400. The normalized spacial score (nSPS) is 12.4. The summed E-state index contributed by atoms with van der Waals surface area (Å²) < 4.78 is 21.6. The van der Waals surface area contributed by atoms with Crippen LogP contribution in [0.15, 0.2) is 28.9 Å². The number of aryl methyl sites for hydroxylation is 1. The van der Waals surface area contributed by atoms with Gasteiger partial charge in [-0.3, -0.25) is 4.68 Å². The average molecular weight is 356 g/mol. The molecular formula is C15H19BrFN3O. The maximum atomic E-state index is 13.9. The summed E-state index contributed by atoms with van der Waals surface area (Å²) in [4.78, 5) is 0. The predicted molar refractivity (Wildman–Crippen MR) is 84.1 cm³/mol. The number of benzene rings is 1. The molecule has 1 aromatic carbocycles. The van der Waals surface area contributed by atoms with Crippen LogP contribution in [0, 0.1) is 5.82 Å². The quantitative estimate of drug-likeness (QED) is 0.861. The summed E-state index contributed by atoms with van der Waals surface area (Å²) in [5.74, 6) is 0.420. The highest BCUT2D eigenvalue weighted by molar-refractivity contribution is 9.10. The smallest absolute Gasteiger partial charge is 0.161 e. The first-order valence-electron chi connectivity index (χ1n) is 6.90. The molecule has 2 rings (SSSR count). The van der Waals surface area contributed by atoms with Crippen molar-refractivity contribution in [2.45, 2.75) is 26.4 Å². The second-order valence-electron chi connectivity index (χ2n) is 4.58. The van der Waals surface area contributed by atoms with Crippen LogP contribution in [0.25, 0.3) is 0 Å². The zero-order valence-corrected chi connectivity index (χ0v) is 13.9. The topological polar surface area (TPSA) is 39.1 Å². The highest BCUT2D eigenvalue weighted by Crippen LogP contribution is 2.31. The van der Waals surface area contributed by atoms with Gasteiger partial charge in [-0.15, -0.1) is 0 Å². The maximum absolute atomic E-state index is 13.9. The summed E-state index contributed by atoms with van der Waals surface area (Å²) >= 11 is 3.18. The van der Waals surface area contributed by atoms with E-state index in [1.807, 2.05) is 24.6 Å². The lowest BCUT2D eigenvalue weighted by molar-refractivity contribution is 0.399. The summed E-state index contributed by atoms with van der Waals surface area (Å²) in [5.41, 5.74) is 1.75. The van der Waals surface area contributed by atoms with Gasteiger partial charge in [0.1, 0.15) is 11.5 Å². The second-order valence-corrected chi connectivity index (χ2v) is 5.43. The third-order valence-electron chi connectivity index (χ3n) is 3.32. The fourth-order valence-electron chi connectivity index (χ4n) is 2.35. The molecule has 0 fully saturated rings. The van der Waals surface area contributed by atoms with E-state index >= 15 is 0 Å². The highest BCUT2D eigenvalue weighted by Gasteiger charge is 2.23. The van der Waals surface area contributed by atoms with E-state index in [0.29, 0.717) is 10.2 Å². The molecule has 0 aliphatic heterocycles. The number of methoxy groups -OCH3 is 1. The van der Waals surface area contributed by atoms with Gasteiger partial charge in [-0.25, -0.2) is 4.39 Å². The molecule has 0 aliphatic rings. The first-order chi connectivity index (χ1) is 10.1. The van der Waals surface area contributed by atoms with Crippen molar-refractivity contribution in [3.05, 3.63) is 45.9 Å². The molecule has 1 N–H and O–H groups in total. The molecular weight excluding hydrogens is 337 g/mol. The van der Waals surface area contributed by atoms with Gasteiger partial charge >= 0.3 is 0 Å². The molecule has 0 amide bonds. The third-order valence-corrected chi connectivity index (χ3v) is 3.97. The van der Waals surface area contributed by atoms with Gasteiger partial charge in [0.15, 0.2) is 5.75 Å². The number of nitrogens with one attached hydrogen (secondary N) is 1. The molecule has 1 heterocycles. The van der Waals surface area contributed by atoms with Crippen LogP contribution in [0.1, 0.15) is 31.1 Å². The van der Waals surface area contributed by atoms with Crippen LogP contribution in [-0.2, 0) is 6.54 Å². The van der Waals surface area contributed by atoms with Crippen molar-refractivity contribution in [3.8, 4) is 5.75 Å². The lowest BCUT2D eigenvalue weighted by Crippen LogP contribution is -2.25. The summed E-state index contributed by atoms with van der Waals surface area (Å²) in [7, 11) is 1.62. The highest BCUT2D eigenvalue weighted by atomic mass is 79.9. The van der Waals surface area contributed by atoms with E-state index in [4.69, 9.17) is 4.74 Å². The van der Waals surface area contributed by atoms with Crippen molar-refractivity contribution in [1.82, 2.24) is 15.1 Å². The fourth-order valence-corrected chi connectivity index (χ4v) is 2.59. The van der Waals surface area contributed by atoms with Crippen molar-refractivity contribution in [3.63, 3.8) is 0 Å². The minimum Gasteiger partial charge on any atom is -0.493 e. The molecule has 0 spiro atoms. The Morgan fingerprint density at radius 2 is 2.19 bits per heavy atom. The Kier molecular flexibility index (Phi) is 5.36. The minimum atomic E-state index is -0.281. The Hall–Kier alpha value is -1.40. The molecule has 0 radical (unpaired) electrons. The zero-order chi connectivity index (χ0) is 15.4. The van der Waals surface area contributed by atoms with Gasteiger partial charge in [-0.2, -0.15) is 5.10 Å². The van der Waals surface area contributed by atoms with Crippen molar-refractivity contribution >= 4 is 15.9 Å². The molecule has 0 bridgehead atoms. The number of rotatable bonds is 6. The molecule has 2 aromatic rings. The van der Waals surface area contributed by atoms with E-state index in [1.54, 1.807) is 19.4 Å². The van der Waals surface area contributed by atoms with Crippen LogP contribution in [0.4, 0.5) is 4.39 Å². The molecule has 114 valence electrons. The summed E-state index contributed by atoms with van der Waals surface area (Å²) in [6.45, 7) is 5.50.